The number of rotatable bonds is 10. The number of carboxylic acids is 2. The summed E-state index contributed by atoms with van der Waals surface area (Å²) in [5.41, 5.74) is 0. The first-order valence-electron chi connectivity index (χ1n) is 7.24. The van der Waals surface area contributed by atoms with Crippen molar-refractivity contribution in [3.63, 3.8) is 0 Å². The summed E-state index contributed by atoms with van der Waals surface area (Å²) in [5.74, 6) is -4.98. The van der Waals surface area contributed by atoms with Gasteiger partial charge in [0.1, 0.15) is 0 Å². The minimum Gasteiger partial charge on any atom is -0.547 e. The molecule has 0 heterocycles. The van der Waals surface area contributed by atoms with Gasteiger partial charge in [0.15, 0.2) is 12.2 Å². The van der Waals surface area contributed by atoms with E-state index in [2.05, 4.69) is 18.9 Å². The van der Waals surface area contributed by atoms with Gasteiger partial charge in [0, 0.05) is 13.2 Å². The molecular formula is C14H22MgO10. The van der Waals surface area contributed by atoms with E-state index in [1.165, 1.54) is 0 Å². The Hall–Kier alpha value is -1.43. The van der Waals surface area contributed by atoms with Crippen LogP contribution in [0.2, 0.25) is 0 Å². The average molecular weight is 375 g/mol. The summed E-state index contributed by atoms with van der Waals surface area (Å²) in [6.07, 6.45) is -3.20. The number of ether oxygens (including phenoxy) is 4. The standard InChI is InChI=1S/2C7H12O5.Mg/c2*1-3-11-5(6(8)9)7(10)12-4-2;/h2*5H,3-4H2,1-2H3,(H,8,9);/q;;+2/p-2. The molecule has 0 radical (unpaired) electrons. The van der Waals surface area contributed by atoms with Gasteiger partial charge in [0.05, 0.1) is 25.2 Å². The number of hydrogen-bond donors (Lipinski definition) is 0. The third kappa shape index (κ3) is 13.5. The molecule has 25 heavy (non-hydrogen) atoms. The number of carbonyl (C=O) groups excluding carboxylic acids is 4. The van der Waals surface area contributed by atoms with Crippen LogP contribution in [0, 0.1) is 0 Å². The smallest absolute Gasteiger partial charge is 0.547 e. The second kappa shape index (κ2) is 17.4. The molecule has 10 nitrogen and oxygen atoms in total. The van der Waals surface area contributed by atoms with Gasteiger partial charge in [-0.15, -0.1) is 0 Å². The zero-order valence-corrected chi connectivity index (χ0v) is 16.2. The molecule has 0 aromatic carbocycles. The molecule has 0 fully saturated rings. The summed E-state index contributed by atoms with van der Waals surface area (Å²) in [4.78, 5) is 42.2. The predicted molar refractivity (Wildman–Crippen MR) is 79.9 cm³/mol. The van der Waals surface area contributed by atoms with Gasteiger partial charge in [-0.25, -0.2) is 9.59 Å². The Morgan fingerprint density at radius 3 is 1.12 bits per heavy atom. The fourth-order valence-corrected chi connectivity index (χ4v) is 1.23. The van der Waals surface area contributed by atoms with E-state index in [0.717, 1.165) is 0 Å². The van der Waals surface area contributed by atoms with Crippen LogP contribution in [0.15, 0.2) is 0 Å². The largest absolute Gasteiger partial charge is 2.00 e. The van der Waals surface area contributed by atoms with Crippen LogP contribution in [0.3, 0.4) is 0 Å². The molecule has 0 aliphatic heterocycles. The Labute approximate surface area is 161 Å². The quantitative estimate of drug-likeness (QED) is 0.220. The van der Waals surface area contributed by atoms with Crippen LogP contribution in [0.25, 0.3) is 0 Å². The number of hydrogen-bond acceptors (Lipinski definition) is 10. The Kier molecular flexibility index (Phi) is 19.7. The summed E-state index contributed by atoms with van der Waals surface area (Å²) >= 11 is 0. The SMILES string of the molecule is CCOC(=O)C(OCC)C(=O)[O-].CCOC(=O)C(OCC)C(=O)[O-].[Mg+2]. The normalized spacial score (nSPS) is 11.7. The molecule has 0 bridgehead atoms. The van der Waals surface area contributed by atoms with Gasteiger partial charge in [-0.2, -0.15) is 0 Å². The van der Waals surface area contributed by atoms with Gasteiger partial charge in [-0.3, -0.25) is 0 Å². The zero-order valence-electron chi connectivity index (χ0n) is 14.8. The molecule has 0 aromatic heterocycles. The average Bonchev–Trinajstić information content (AvgIpc) is 2.50. The fraction of sp³-hybridized carbons (Fsp3) is 0.714. The molecule has 0 spiro atoms. The first-order valence-corrected chi connectivity index (χ1v) is 7.24. The van der Waals surface area contributed by atoms with E-state index < -0.39 is 36.1 Å². The Bertz CT molecular complexity index is 374. The topological polar surface area (TPSA) is 151 Å². The van der Waals surface area contributed by atoms with Gasteiger partial charge < -0.3 is 38.7 Å². The van der Waals surface area contributed by atoms with Crippen molar-refractivity contribution in [2.24, 2.45) is 0 Å². The van der Waals surface area contributed by atoms with Crippen molar-refractivity contribution in [3.05, 3.63) is 0 Å². The molecule has 2 unspecified atom stereocenters. The summed E-state index contributed by atoms with van der Waals surface area (Å²) in [6.45, 7) is 6.80. The summed E-state index contributed by atoms with van der Waals surface area (Å²) < 4.78 is 18.0. The van der Waals surface area contributed by atoms with Crippen molar-refractivity contribution in [2.45, 2.75) is 39.9 Å². The maximum atomic E-state index is 10.8. The molecule has 2 atom stereocenters. The molecule has 11 heteroatoms. The number of esters is 2. The maximum Gasteiger partial charge on any atom is 2.00 e. The molecule has 0 saturated heterocycles. The van der Waals surface area contributed by atoms with Crippen LogP contribution < -0.4 is 10.2 Å². The monoisotopic (exact) mass is 374 g/mol. The molecule has 0 rings (SSSR count). The molecular weight excluding hydrogens is 352 g/mol. The van der Waals surface area contributed by atoms with Crippen molar-refractivity contribution in [1.29, 1.82) is 0 Å². The van der Waals surface area contributed by atoms with Crippen molar-refractivity contribution < 1.29 is 48.3 Å². The van der Waals surface area contributed by atoms with E-state index in [4.69, 9.17) is 0 Å². The second-order valence-corrected chi connectivity index (χ2v) is 3.81. The van der Waals surface area contributed by atoms with E-state index >= 15 is 0 Å². The third-order valence-corrected chi connectivity index (χ3v) is 2.10. The molecule has 140 valence electrons. The first kappa shape index (κ1) is 28.4. The van der Waals surface area contributed by atoms with E-state index in [9.17, 15) is 29.4 Å². The van der Waals surface area contributed by atoms with Crippen molar-refractivity contribution in [2.75, 3.05) is 26.4 Å². The first-order chi connectivity index (χ1) is 11.3. The van der Waals surface area contributed by atoms with Crippen LogP contribution in [0.1, 0.15) is 27.7 Å². The Morgan fingerprint density at radius 1 is 0.680 bits per heavy atom. The molecule has 0 N–H and O–H groups in total. The number of carbonyl (C=O) groups is 4. The number of aliphatic carboxylic acids is 2. The van der Waals surface area contributed by atoms with Crippen LogP contribution in [-0.4, -0.2) is 85.6 Å². The van der Waals surface area contributed by atoms with Crippen LogP contribution in [0.4, 0.5) is 0 Å². The van der Waals surface area contributed by atoms with E-state index in [0.29, 0.717) is 0 Å². The minimum atomic E-state index is -1.60. The molecule has 0 aromatic rings. The Morgan fingerprint density at radius 2 is 0.960 bits per heavy atom. The van der Waals surface area contributed by atoms with Gasteiger partial charge in [0.25, 0.3) is 0 Å². The van der Waals surface area contributed by atoms with Crippen LogP contribution in [-0.2, 0) is 38.1 Å². The molecule has 0 aliphatic carbocycles. The van der Waals surface area contributed by atoms with Crippen molar-refractivity contribution in [1.82, 2.24) is 0 Å². The van der Waals surface area contributed by atoms with Crippen LogP contribution >= 0.6 is 0 Å². The molecule has 0 aliphatic rings. The molecule has 0 saturated carbocycles. The Balaban J connectivity index is -0.000000372. The zero-order chi connectivity index (χ0) is 19.1. The van der Waals surface area contributed by atoms with Gasteiger partial charge >= 0.3 is 35.0 Å². The van der Waals surface area contributed by atoms with E-state index in [-0.39, 0.29) is 49.5 Å². The molecule has 0 amide bonds. The third-order valence-electron chi connectivity index (χ3n) is 2.10. The van der Waals surface area contributed by atoms with E-state index in [1.807, 2.05) is 0 Å². The minimum absolute atomic E-state index is 0. The van der Waals surface area contributed by atoms with Gasteiger partial charge in [-0.05, 0) is 27.7 Å². The van der Waals surface area contributed by atoms with Crippen LogP contribution in [0.5, 0.6) is 0 Å². The number of carboxylic acid groups (broad SMARTS) is 2. The van der Waals surface area contributed by atoms with Crippen molar-refractivity contribution in [3.8, 4) is 0 Å². The fourth-order valence-electron chi connectivity index (χ4n) is 1.23. The second-order valence-electron chi connectivity index (χ2n) is 3.81. The predicted octanol–water partition coefficient (Wildman–Crippen LogP) is -2.97. The summed E-state index contributed by atoms with van der Waals surface area (Å²) in [6, 6.07) is 0. The summed E-state index contributed by atoms with van der Waals surface area (Å²) in [7, 11) is 0. The maximum absolute atomic E-state index is 10.8. The van der Waals surface area contributed by atoms with E-state index in [1.54, 1.807) is 27.7 Å². The van der Waals surface area contributed by atoms with Crippen molar-refractivity contribution >= 4 is 46.9 Å². The van der Waals surface area contributed by atoms with Gasteiger partial charge in [0.2, 0.25) is 0 Å². The van der Waals surface area contributed by atoms with Gasteiger partial charge in [-0.1, -0.05) is 0 Å². The summed E-state index contributed by atoms with van der Waals surface area (Å²) in [5, 5.41) is 20.5.